The molecule has 1 aliphatic carbocycles. The van der Waals surface area contributed by atoms with Crippen LogP contribution in [0.4, 0.5) is 0 Å². The van der Waals surface area contributed by atoms with Crippen molar-refractivity contribution in [3.63, 3.8) is 0 Å². The Balaban J connectivity index is 1.26. The number of furan rings is 1. The highest BCUT2D eigenvalue weighted by molar-refractivity contribution is 6.16. The predicted molar refractivity (Wildman–Crippen MR) is 210 cm³/mol. The summed E-state index contributed by atoms with van der Waals surface area (Å²) in [4.78, 5) is 15.6. The molecule has 0 saturated carbocycles. The molecule has 0 saturated heterocycles. The van der Waals surface area contributed by atoms with Gasteiger partial charge < -0.3 is 4.42 Å². The van der Waals surface area contributed by atoms with Gasteiger partial charge in [-0.1, -0.05) is 149 Å². The van der Waals surface area contributed by atoms with Crippen molar-refractivity contribution in [2.45, 2.75) is 38.5 Å². The molecular formula is C47H35N3O. The summed E-state index contributed by atoms with van der Waals surface area (Å²) >= 11 is 0. The van der Waals surface area contributed by atoms with Gasteiger partial charge in [-0.05, 0) is 67.4 Å². The average Bonchev–Trinajstić information content (AvgIpc) is 3.54. The van der Waals surface area contributed by atoms with E-state index in [0.29, 0.717) is 17.5 Å². The van der Waals surface area contributed by atoms with Crippen molar-refractivity contribution in [3.8, 4) is 45.3 Å². The Hall–Kier alpha value is -6.13. The normalized spacial score (nSPS) is 14.6. The number of aromatic nitrogens is 3. The van der Waals surface area contributed by atoms with Crippen LogP contribution >= 0.6 is 0 Å². The van der Waals surface area contributed by atoms with Gasteiger partial charge in [-0.2, -0.15) is 0 Å². The minimum absolute atomic E-state index is 0.207. The van der Waals surface area contributed by atoms with Gasteiger partial charge in [-0.25, -0.2) is 15.0 Å². The second-order valence-corrected chi connectivity index (χ2v) is 14.8. The molecule has 0 N–H and O–H groups in total. The summed E-state index contributed by atoms with van der Waals surface area (Å²) in [6.07, 6.45) is 0. The molecule has 9 aromatic rings. The van der Waals surface area contributed by atoms with Crippen LogP contribution < -0.4 is 0 Å². The number of nitrogens with zero attached hydrogens (tertiary/aromatic N) is 3. The smallest absolute Gasteiger partial charge is 0.164 e. The predicted octanol–water partition coefficient (Wildman–Crippen LogP) is 12.3. The van der Waals surface area contributed by atoms with E-state index < -0.39 is 0 Å². The Bertz CT molecular complexity index is 2860. The highest BCUT2D eigenvalue weighted by Gasteiger charge is 2.48. The van der Waals surface area contributed by atoms with Gasteiger partial charge in [0.2, 0.25) is 0 Å². The van der Waals surface area contributed by atoms with Crippen molar-refractivity contribution in [1.29, 1.82) is 0 Å². The number of hydrogen-bond acceptors (Lipinski definition) is 4. The summed E-state index contributed by atoms with van der Waals surface area (Å²) in [6.45, 7) is 9.53. The van der Waals surface area contributed by atoms with Gasteiger partial charge in [0.15, 0.2) is 17.5 Å². The van der Waals surface area contributed by atoms with Gasteiger partial charge in [-0.3, -0.25) is 0 Å². The lowest BCUT2D eigenvalue weighted by atomic mass is 9.54. The Labute approximate surface area is 296 Å². The molecule has 0 unspecified atom stereocenters. The zero-order valence-electron chi connectivity index (χ0n) is 29.0. The fourth-order valence-electron chi connectivity index (χ4n) is 8.37. The van der Waals surface area contributed by atoms with Crippen molar-refractivity contribution in [2.24, 2.45) is 0 Å². The highest BCUT2D eigenvalue weighted by atomic mass is 16.3. The van der Waals surface area contributed by atoms with E-state index in [4.69, 9.17) is 19.4 Å². The third-order valence-electron chi connectivity index (χ3n) is 11.7. The fraction of sp³-hybridized carbons (Fsp3) is 0.128. The lowest BCUT2D eigenvalue weighted by Crippen LogP contribution is -2.44. The van der Waals surface area contributed by atoms with Crippen LogP contribution in [0.25, 0.3) is 88.8 Å². The van der Waals surface area contributed by atoms with E-state index >= 15 is 0 Å². The van der Waals surface area contributed by atoms with Crippen molar-refractivity contribution in [3.05, 3.63) is 151 Å². The first-order chi connectivity index (χ1) is 24.8. The summed E-state index contributed by atoms with van der Waals surface area (Å²) in [6, 6.07) is 49.2. The van der Waals surface area contributed by atoms with Crippen molar-refractivity contribution < 1.29 is 4.42 Å². The number of hydrogen-bond donors (Lipinski definition) is 0. The maximum absolute atomic E-state index is 6.30. The third kappa shape index (κ3) is 4.29. The first-order valence-electron chi connectivity index (χ1n) is 17.6. The van der Waals surface area contributed by atoms with Gasteiger partial charge in [0.25, 0.3) is 0 Å². The first-order valence-corrected chi connectivity index (χ1v) is 17.6. The van der Waals surface area contributed by atoms with E-state index in [0.717, 1.165) is 38.6 Å². The van der Waals surface area contributed by atoms with E-state index in [1.165, 1.54) is 43.8 Å². The van der Waals surface area contributed by atoms with Crippen molar-refractivity contribution in [1.82, 2.24) is 15.0 Å². The minimum Gasteiger partial charge on any atom is -0.456 e. The quantitative estimate of drug-likeness (QED) is 0.177. The molecule has 244 valence electrons. The largest absolute Gasteiger partial charge is 0.456 e. The number of rotatable bonds is 3. The molecule has 1 aliphatic rings. The SMILES string of the molecule is CC1(C)c2ccc3ccc4ccccc4c3c2-c2cccc(-c3nc(-c4ccccc4)nc(-c4ccc5c(c4)oc4ccccc45)n3)c2C1(C)C. The van der Waals surface area contributed by atoms with Crippen LogP contribution in [-0.4, -0.2) is 15.0 Å². The van der Waals surface area contributed by atoms with Crippen LogP contribution in [0.2, 0.25) is 0 Å². The average molecular weight is 658 g/mol. The molecule has 2 heterocycles. The zero-order chi connectivity index (χ0) is 34.5. The summed E-state index contributed by atoms with van der Waals surface area (Å²) in [5.74, 6) is 1.92. The monoisotopic (exact) mass is 657 g/mol. The molecule has 51 heavy (non-hydrogen) atoms. The van der Waals surface area contributed by atoms with E-state index in [1.807, 2.05) is 36.4 Å². The zero-order valence-corrected chi connectivity index (χ0v) is 29.0. The van der Waals surface area contributed by atoms with Gasteiger partial charge in [0.05, 0.1) is 0 Å². The minimum atomic E-state index is -0.267. The molecule has 0 radical (unpaired) electrons. The molecule has 7 aromatic carbocycles. The standard InChI is InChI=1S/C47H35N3O/c1-46(2)37-26-24-29-22-21-28-13-8-9-16-32(28)40(29)41(37)35-18-12-19-36(42(35)47(46,3)4)45-49-43(30-14-6-5-7-15-30)48-44(50-45)31-23-25-34-33-17-10-11-20-38(33)51-39(34)27-31/h5-27H,1-4H3. The lowest BCUT2D eigenvalue weighted by molar-refractivity contribution is 0.300. The second kappa shape index (κ2) is 10.7. The number of benzene rings is 7. The molecule has 0 fully saturated rings. The Morgan fingerprint density at radius 2 is 1.10 bits per heavy atom. The molecule has 0 amide bonds. The highest BCUT2D eigenvalue weighted by Crippen LogP contribution is 2.58. The van der Waals surface area contributed by atoms with Gasteiger partial charge in [0, 0.05) is 32.9 Å². The molecule has 0 atom stereocenters. The molecular weight excluding hydrogens is 623 g/mol. The van der Waals surface area contributed by atoms with Crippen molar-refractivity contribution in [2.75, 3.05) is 0 Å². The van der Waals surface area contributed by atoms with Gasteiger partial charge in [-0.15, -0.1) is 0 Å². The molecule has 2 aromatic heterocycles. The molecule has 0 aliphatic heterocycles. The van der Waals surface area contributed by atoms with Gasteiger partial charge in [0.1, 0.15) is 11.2 Å². The lowest BCUT2D eigenvalue weighted by Gasteiger charge is -2.49. The van der Waals surface area contributed by atoms with Crippen LogP contribution in [0, 0.1) is 0 Å². The van der Waals surface area contributed by atoms with E-state index in [-0.39, 0.29) is 10.8 Å². The first kappa shape index (κ1) is 29.8. The Morgan fingerprint density at radius 1 is 0.451 bits per heavy atom. The molecule has 0 spiro atoms. The van der Waals surface area contributed by atoms with E-state index in [1.54, 1.807) is 0 Å². The van der Waals surface area contributed by atoms with Crippen LogP contribution in [0.3, 0.4) is 0 Å². The Morgan fingerprint density at radius 3 is 1.94 bits per heavy atom. The maximum atomic E-state index is 6.30. The topological polar surface area (TPSA) is 51.8 Å². The fourth-order valence-corrected chi connectivity index (χ4v) is 8.37. The summed E-state index contributed by atoms with van der Waals surface area (Å²) in [7, 11) is 0. The van der Waals surface area contributed by atoms with Crippen LogP contribution in [0.1, 0.15) is 38.8 Å². The summed E-state index contributed by atoms with van der Waals surface area (Å²) in [5, 5.41) is 7.23. The van der Waals surface area contributed by atoms with E-state index in [2.05, 4.69) is 131 Å². The summed E-state index contributed by atoms with van der Waals surface area (Å²) in [5.41, 5.74) is 9.22. The number of fused-ring (bicyclic) bond motifs is 10. The molecule has 10 rings (SSSR count). The third-order valence-corrected chi connectivity index (χ3v) is 11.7. The van der Waals surface area contributed by atoms with Crippen LogP contribution in [0.5, 0.6) is 0 Å². The van der Waals surface area contributed by atoms with Crippen LogP contribution in [-0.2, 0) is 10.8 Å². The Kier molecular flexibility index (Phi) is 6.23. The summed E-state index contributed by atoms with van der Waals surface area (Å²) < 4.78 is 6.30. The molecule has 0 bridgehead atoms. The van der Waals surface area contributed by atoms with E-state index in [9.17, 15) is 0 Å². The van der Waals surface area contributed by atoms with Crippen LogP contribution in [0.15, 0.2) is 144 Å². The van der Waals surface area contributed by atoms with Gasteiger partial charge >= 0.3 is 0 Å². The number of para-hydroxylation sites is 1. The second-order valence-electron chi connectivity index (χ2n) is 14.8. The maximum Gasteiger partial charge on any atom is 0.164 e. The van der Waals surface area contributed by atoms with Crippen molar-refractivity contribution >= 4 is 43.5 Å². The molecule has 4 nitrogen and oxygen atoms in total. The molecule has 4 heteroatoms.